The van der Waals surface area contributed by atoms with Gasteiger partial charge in [0.15, 0.2) is 0 Å². The molecule has 9 nitrogen and oxygen atoms in total. The summed E-state index contributed by atoms with van der Waals surface area (Å²) in [5.41, 5.74) is 2.24. The molecule has 1 aliphatic rings. The van der Waals surface area contributed by atoms with E-state index in [9.17, 15) is 18.8 Å². The second kappa shape index (κ2) is 13.5. The van der Waals surface area contributed by atoms with E-state index in [4.69, 9.17) is 4.74 Å². The number of halogens is 1. The zero-order chi connectivity index (χ0) is 28.5. The van der Waals surface area contributed by atoms with Gasteiger partial charge in [-0.15, -0.1) is 0 Å². The van der Waals surface area contributed by atoms with Crippen molar-refractivity contribution in [2.24, 2.45) is 0 Å². The minimum absolute atomic E-state index is 0.0496. The molecule has 10 heteroatoms. The van der Waals surface area contributed by atoms with Crippen molar-refractivity contribution in [3.63, 3.8) is 0 Å². The third-order valence-electron chi connectivity index (χ3n) is 6.64. The van der Waals surface area contributed by atoms with E-state index in [2.05, 4.69) is 15.5 Å². The number of ether oxygens (including phenoxy) is 1. The topological polar surface area (TPSA) is 94.2 Å². The molecule has 0 bridgehead atoms. The second-order valence-corrected chi connectivity index (χ2v) is 9.43. The molecule has 1 fully saturated rings. The van der Waals surface area contributed by atoms with Crippen LogP contribution in [0.15, 0.2) is 72.8 Å². The molecule has 3 aromatic rings. The quantitative estimate of drug-likeness (QED) is 0.406. The Bertz CT molecular complexity index is 1310. The lowest BCUT2D eigenvalue weighted by Crippen LogP contribution is -2.50. The number of rotatable bonds is 9. The van der Waals surface area contributed by atoms with Crippen molar-refractivity contribution < 1.29 is 23.5 Å². The Hall–Kier alpha value is -4.60. The predicted molar refractivity (Wildman–Crippen MR) is 153 cm³/mol. The van der Waals surface area contributed by atoms with Gasteiger partial charge in [-0.2, -0.15) is 0 Å². The molecule has 0 spiro atoms. The first kappa shape index (κ1) is 28.4. The number of benzene rings is 3. The molecule has 3 aromatic carbocycles. The van der Waals surface area contributed by atoms with Crippen molar-refractivity contribution >= 4 is 34.9 Å². The fourth-order valence-electron chi connectivity index (χ4n) is 4.50. The van der Waals surface area contributed by atoms with E-state index in [1.165, 1.54) is 23.1 Å². The maximum atomic E-state index is 14.1. The Morgan fingerprint density at radius 2 is 1.50 bits per heavy atom. The van der Waals surface area contributed by atoms with Crippen LogP contribution in [0.3, 0.4) is 0 Å². The fraction of sp³-hybridized carbons (Fsp3) is 0.300. The van der Waals surface area contributed by atoms with Crippen LogP contribution in [-0.2, 0) is 4.79 Å². The number of methoxy groups -OCH3 is 1. The van der Waals surface area contributed by atoms with Gasteiger partial charge in [-0.1, -0.05) is 19.1 Å². The van der Waals surface area contributed by atoms with Crippen molar-refractivity contribution in [1.29, 1.82) is 0 Å². The molecule has 40 heavy (non-hydrogen) atoms. The summed E-state index contributed by atoms with van der Waals surface area (Å²) in [4.78, 5) is 43.5. The number of urea groups is 1. The average molecular weight is 548 g/mol. The van der Waals surface area contributed by atoms with Crippen LogP contribution in [0.5, 0.6) is 5.75 Å². The van der Waals surface area contributed by atoms with Gasteiger partial charge < -0.3 is 30.1 Å². The molecular formula is C30H34FN5O4. The second-order valence-electron chi connectivity index (χ2n) is 9.43. The Morgan fingerprint density at radius 3 is 2.12 bits per heavy atom. The standard InChI is InChI=1S/C30H34FN5O4/c1-3-16-36(29(38)26-6-4-5-7-27(26)31)21-28(37)32-22-8-12-24(13-9-22)34-17-19-35(20-18-34)30(39)33-23-10-14-25(40-2)15-11-23/h4-15H,3,16-21H2,1-2H3,(H,32,37)(H,33,39). The van der Waals surface area contributed by atoms with E-state index in [1.807, 2.05) is 19.1 Å². The number of anilines is 3. The first-order valence-corrected chi connectivity index (χ1v) is 13.3. The average Bonchev–Trinajstić information content (AvgIpc) is 2.97. The highest BCUT2D eigenvalue weighted by Gasteiger charge is 2.23. The lowest BCUT2D eigenvalue weighted by molar-refractivity contribution is -0.116. The lowest BCUT2D eigenvalue weighted by atomic mass is 10.1. The minimum atomic E-state index is -0.608. The van der Waals surface area contributed by atoms with Gasteiger partial charge in [-0.3, -0.25) is 9.59 Å². The zero-order valence-corrected chi connectivity index (χ0v) is 22.7. The van der Waals surface area contributed by atoms with Gasteiger partial charge in [-0.05, 0) is 67.1 Å². The molecule has 0 saturated carbocycles. The number of nitrogens with zero attached hydrogens (tertiary/aromatic N) is 3. The van der Waals surface area contributed by atoms with E-state index < -0.39 is 11.7 Å². The van der Waals surface area contributed by atoms with Gasteiger partial charge in [0.1, 0.15) is 18.1 Å². The monoisotopic (exact) mass is 547 g/mol. The molecule has 0 unspecified atom stereocenters. The van der Waals surface area contributed by atoms with Gasteiger partial charge in [0.05, 0.1) is 12.7 Å². The Kier molecular flexibility index (Phi) is 9.56. The molecular weight excluding hydrogens is 513 g/mol. The zero-order valence-electron chi connectivity index (χ0n) is 22.7. The summed E-state index contributed by atoms with van der Waals surface area (Å²) in [5.74, 6) is -0.751. The van der Waals surface area contributed by atoms with E-state index >= 15 is 0 Å². The Balaban J connectivity index is 1.27. The normalized spacial score (nSPS) is 13.0. The van der Waals surface area contributed by atoms with Crippen LogP contribution in [0, 0.1) is 5.82 Å². The van der Waals surface area contributed by atoms with Crippen molar-refractivity contribution in [3.8, 4) is 5.75 Å². The SMILES string of the molecule is CCCN(CC(=O)Nc1ccc(N2CCN(C(=O)Nc3ccc(OC)cc3)CC2)cc1)C(=O)c1ccccc1F. The Morgan fingerprint density at radius 1 is 0.875 bits per heavy atom. The third kappa shape index (κ3) is 7.28. The number of carbonyl (C=O) groups is 3. The highest BCUT2D eigenvalue weighted by molar-refractivity contribution is 5.99. The fourth-order valence-corrected chi connectivity index (χ4v) is 4.50. The molecule has 0 aromatic heterocycles. The summed E-state index contributed by atoms with van der Waals surface area (Å²) < 4.78 is 19.3. The first-order valence-electron chi connectivity index (χ1n) is 13.3. The van der Waals surface area contributed by atoms with E-state index in [-0.39, 0.29) is 24.0 Å². The summed E-state index contributed by atoms with van der Waals surface area (Å²) in [7, 11) is 1.60. The molecule has 1 heterocycles. The smallest absolute Gasteiger partial charge is 0.321 e. The molecule has 2 N–H and O–H groups in total. The molecule has 0 aliphatic carbocycles. The predicted octanol–water partition coefficient (Wildman–Crippen LogP) is 4.68. The van der Waals surface area contributed by atoms with Crippen molar-refractivity contribution in [2.75, 3.05) is 61.9 Å². The minimum Gasteiger partial charge on any atom is -0.497 e. The van der Waals surface area contributed by atoms with E-state index in [0.717, 1.165) is 11.4 Å². The number of hydrogen-bond acceptors (Lipinski definition) is 5. The van der Waals surface area contributed by atoms with Gasteiger partial charge in [-0.25, -0.2) is 9.18 Å². The molecule has 210 valence electrons. The summed E-state index contributed by atoms with van der Waals surface area (Å²) in [6, 6.07) is 20.3. The largest absolute Gasteiger partial charge is 0.497 e. The van der Waals surface area contributed by atoms with Crippen LogP contribution >= 0.6 is 0 Å². The third-order valence-corrected chi connectivity index (χ3v) is 6.64. The highest BCUT2D eigenvalue weighted by Crippen LogP contribution is 2.21. The van der Waals surface area contributed by atoms with Gasteiger partial charge >= 0.3 is 6.03 Å². The van der Waals surface area contributed by atoms with Crippen LogP contribution in [0.1, 0.15) is 23.7 Å². The summed E-state index contributed by atoms with van der Waals surface area (Å²) in [6.45, 7) is 4.55. The maximum Gasteiger partial charge on any atom is 0.321 e. The summed E-state index contributed by atoms with van der Waals surface area (Å²) >= 11 is 0. The van der Waals surface area contributed by atoms with Crippen LogP contribution in [-0.4, -0.2) is 74.0 Å². The van der Waals surface area contributed by atoms with Crippen molar-refractivity contribution in [1.82, 2.24) is 9.80 Å². The van der Waals surface area contributed by atoms with E-state index in [0.29, 0.717) is 50.5 Å². The summed E-state index contributed by atoms with van der Waals surface area (Å²) in [5, 5.41) is 5.73. The molecule has 0 atom stereocenters. The van der Waals surface area contributed by atoms with E-state index in [1.54, 1.807) is 54.5 Å². The van der Waals surface area contributed by atoms with Crippen LogP contribution in [0.2, 0.25) is 0 Å². The summed E-state index contributed by atoms with van der Waals surface area (Å²) in [6.07, 6.45) is 0.637. The van der Waals surface area contributed by atoms with Crippen molar-refractivity contribution in [2.45, 2.75) is 13.3 Å². The molecule has 0 radical (unpaired) electrons. The van der Waals surface area contributed by atoms with Gasteiger partial charge in [0, 0.05) is 49.8 Å². The van der Waals surface area contributed by atoms with Gasteiger partial charge in [0.2, 0.25) is 5.91 Å². The first-order chi connectivity index (χ1) is 19.4. The lowest BCUT2D eigenvalue weighted by Gasteiger charge is -2.36. The molecule has 1 saturated heterocycles. The number of piperazine rings is 1. The number of nitrogens with one attached hydrogen (secondary N) is 2. The highest BCUT2D eigenvalue weighted by atomic mass is 19.1. The van der Waals surface area contributed by atoms with Crippen LogP contribution < -0.4 is 20.3 Å². The molecule has 1 aliphatic heterocycles. The van der Waals surface area contributed by atoms with Crippen molar-refractivity contribution in [3.05, 3.63) is 84.2 Å². The van der Waals surface area contributed by atoms with Gasteiger partial charge in [0.25, 0.3) is 5.91 Å². The number of hydrogen-bond donors (Lipinski definition) is 2. The van der Waals surface area contributed by atoms with Crippen LogP contribution in [0.4, 0.5) is 26.2 Å². The number of carbonyl (C=O) groups excluding carboxylic acids is 3. The maximum absolute atomic E-state index is 14.1. The number of amides is 4. The molecule has 4 amide bonds. The molecule has 4 rings (SSSR count). The Labute approximate surface area is 233 Å². The van der Waals surface area contributed by atoms with Crippen LogP contribution in [0.25, 0.3) is 0 Å².